The van der Waals surface area contributed by atoms with Gasteiger partial charge in [0.25, 0.3) is 0 Å². The zero-order valence-electron chi connectivity index (χ0n) is 15.0. The number of hydrogen-bond donors (Lipinski definition) is 3. The van der Waals surface area contributed by atoms with E-state index >= 15 is 0 Å². The summed E-state index contributed by atoms with van der Waals surface area (Å²) in [5.74, 6) is 2.08. The van der Waals surface area contributed by atoms with Crippen LogP contribution in [0.25, 0.3) is 0 Å². The van der Waals surface area contributed by atoms with Gasteiger partial charge in [0.05, 0.1) is 7.11 Å². The predicted molar refractivity (Wildman–Crippen MR) is 112 cm³/mol. The molecule has 0 atom stereocenters. The fourth-order valence-electron chi connectivity index (χ4n) is 2.32. The van der Waals surface area contributed by atoms with Gasteiger partial charge in [-0.3, -0.25) is 9.79 Å². The van der Waals surface area contributed by atoms with Gasteiger partial charge in [-0.05, 0) is 43.9 Å². The number of hydrogen-bond acceptors (Lipinski definition) is 3. The van der Waals surface area contributed by atoms with Crippen LogP contribution in [0.4, 0.5) is 0 Å². The van der Waals surface area contributed by atoms with Gasteiger partial charge >= 0.3 is 0 Å². The number of guanidine groups is 1. The Bertz CT molecular complexity index is 562. The molecular weight excluding hydrogens is 431 g/mol. The van der Waals surface area contributed by atoms with Crippen molar-refractivity contribution in [1.29, 1.82) is 0 Å². The highest BCUT2D eigenvalue weighted by atomic mass is 127. The third-order valence-corrected chi connectivity index (χ3v) is 3.81. The summed E-state index contributed by atoms with van der Waals surface area (Å²) in [5.41, 5.74) is 1.20. The standard InChI is InChI=1S/C18H28N4O2.HI/c1-3-19-18(22-12-11-20-17(23)15-7-8-15)21-10-9-14-5-4-6-16(13-14)24-2;/h4-6,13,15H,3,7-12H2,1-2H3,(H,20,23)(H2,19,21,22);1H. The highest BCUT2D eigenvalue weighted by Crippen LogP contribution is 2.28. The fourth-order valence-corrected chi connectivity index (χ4v) is 2.32. The number of benzene rings is 1. The number of nitrogens with zero attached hydrogens (tertiary/aromatic N) is 1. The Morgan fingerprint density at radius 2 is 2.00 bits per heavy atom. The van der Waals surface area contributed by atoms with E-state index in [1.54, 1.807) is 7.11 Å². The summed E-state index contributed by atoms with van der Waals surface area (Å²) in [4.78, 5) is 16.1. The Labute approximate surface area is 167 Å². The molecule has 0 unspecified atom stereocenters. The van der Waals surface area contributed by atoms with Crippen molar-refractivity contribution in [3.8, 4) is 5.75 Å². The second-order valence-electron chi connectivity index (χ2n) is 5.85. The molecule has 6 nitrogen and oxygen atoms in total. The molecule has 0 saturated heterocycles. The number of nitrogens with one attached hydrogen (secondary N) is 3. The average Bonchev–Trinajstić information content (AvgIpc) is 3.43. The normalized spacial score (nSPS) is 13.6. The van der Waals surface area contributed by atoms with E-state index in [4.69, 9.17) is 4.74 Å². The average molecular weight is 460 g/mol. The van der Waals surface area contributed by atoms with Crippen LogP contribution in [0.5, 0.6) is 5.75 Å². The van der Waals surface area contributed by atoms with Crippen molar-refractivity contribution in [3.63, 3.8) is 0 Å². The summed E-state index contributed by atoms with van der Waals surface area (Å²) in [6.45, 7) is 4.82. The third-order valence-electron chi connectivity index (χ3n) is 3.81. The van der Waals surface area contributed by atoms with Crippen LogP contribution < -0.4 is 20.7 Å². The lowest BCUT2D eigenvalue weighted by atomic mass is 10.1. The van der Waals surface area contributed by atoms with E-state index in [0.717, 1.165) is 37.5 Å². The number of rotatable bonds is 9. The topological polar surface area (TPSA) is 74.8 Å². The molecule has 7 heteroatoms. The van der Waals surface area contributed by atoms with Crippen molar-refractivity contribution >= 4 is 35.8 Å². The van der Waals surface area contributed by atoms with Gasteiger partial charge in [0.1, 0.15) is 5.75 Å². The summed E-state index contributed by atoms with van der Waals surface area (Å²) in [6, 6.07) is 8.04. The molecule has 25 heavy (non-hydrogen) atoms. The van der Waals surface area contributed by atoms with Crippen molar-refractivity contribution in [3.05, 3.63) is 29.8 Å². The number of carbonyl (C=O) groups is 1. The van der Waals surface area contributed by atoms with E-state index in [2.05, 4.69) is 27.0 Å². The Balaban J connectivity index is 0.00000312. The zero-order valence-corrected chi connectivity index (χ0v) is 17.3. The van der Waals surface area contributed by atoms with Crippen molar-refractivity contribution in [2.75, 3.05) is 33.3 Å². The summed E-state index contributed by atoms with van der Waals surface area (Å²) in [6.07, 6.45) is 2.92. The summed E-state index contributed by atoms with van der Waals surface area (Å²) < 4.78 is 5.23. The molecule has 1 amide bonds. The Morgan fingerprint density at radius 3 is 2.68 bits per heavy atom. The quantitative estimate of drug-likeness (QED) is 0.228. The van der Waals surface area contributed by atoms with E-state index in [-0.39, 0.29) is 35.8 Å². The van der Waals surface area contributed by atoms with Gasteiger partial charge in [-0.15, -0.1) is 24.0 Å². The number of methoxy groups -OCH3 is 1. The van der Waals surface area contributed by atoms with Crippen LogP contribution in [0.1, 0.15) is 25.3 Å². The van der Waals surface area contributed by atoms with E-state index in [9.17, 15) is 4.79 Å². The van der Waals surface area contributed by atoms with Crippen molar-refractivity contribution in [2.45, 2.75) is 26.2 Å². The lowest BCUT2D eigenvalue weighted by Gasteiger charge is -2.12. The van der Waals surface area contributed by atoms with Crippen molar-refractivity contribution in [1.82, 2.24) is 16.0 Å². The van der Waals surface area contributed by atoms with Crippen LogP contribution in [0.15, 0.2) is 29.3 Å². The van der Waals surface area contributed by atoms with Gasteiger partial charge in [-0.1, -0.05) is 12.1 Å². The van der Waals surface area contributed by atoms with Crippen LogP contribution >= 0.6 is 24.0 Å². The third kappa shape index (κ3) is 8.42. The van der Waals surface area contributed by atoms with Gasteiger partial charge in [0, 0.05) is 32.1 Å². The minimum absolute atomic E-state index is 0. The Kier molecular flexibility index (Phi) is 10.3. The van der Waals surface area contributed by atoms with Gasteiger partial charge in [-0.2, -0.15) is 0 Å². The van der Waals surface area contributed by atoms with Crippen LogP contribution in [-0.2, 0) is 11.2 Å². The van der Waals surface area contributed by atoms with E-state index in [1.165, 1.54) is 5.56 Å². The Hall–Kier alpha value is -1.51. The smallest absolute Gasteiger partial charge is 0.223 e. The highest BCUT2D eigenvalue weighted by molar-refractivity contribution is 14.0. The maximum Gasteiger partial charge on any atom is 0.223 e. The molecule has 0 bridgehead atoms. The summed E-state index contributed by atoms with van der Waals surface area (Å²) in [5, 5.41) is 9.40. The molecule has 3 N–H and O–H groups in total. The van der Waals surface area contributed by atoms with Gasteiger partial charge in [0.15, 0.2) is 5.96 Å². The first-order valence-corrected chi connectivity index (χ1v) is 8.65. The first kappa shape index (κ1) is 21.5. The summed E-state index contributed by atoms with van der Waals surface area (Å²) in [7, 11) is 1.67. The van der Waals surface area contributed by atoms with Crippen LogP contribution in [0, 0.1) is 5.92 Å². The van der Waals surface area contributed by atoms with E-state index in [1.807, 2.05) is 25.1 Å². The number of amides is 1. The second-order valence-corrected chi connectivity index (χ2v) is 5.85. The molecule has 0 aromatic heterocycles. The molecule has 1 aliphatic rings. The molecule has 0 aliphatic heterocycles. The van der Waals surface area contributed by atoms with Crippen molar-refractivity contribution < 1.29 is 9.53 Å². The van der Waals surface area contributed by atoms with Gasteiger partial charge < -0.3 is 20.7 Å². The SMILES string of the molecule is CCNC(=NCCc1cccc(OC)c1)NCCNC(=O)C1CC1.I. The van der Waals surface area contributed by atoms with Crippen LogP contribution in [0.3, 0.4) is 0 Å². The van der Waals surface area contributed by atoms with Crippen molar-refractivity contribution in [2.24, 2.45) is 10.9 Å². The molecular formula is C18H29IN4O2. The first-order valence-electron chi connectivity index (χ1n) is 8.65. The molecule has 1 aromatic rings. The van der Waals surface area contributed by atoms with Gasteiger partial charge in [0.2, 0.25) is 5.91 Å². The molecule has 1 saturated carbocycles. The largest absolute Gasteiger partial charge is 0.497 e. The number of ether oxygens (including phenoxy) is 1. The molecule has 0 heterocycles. The van der Waals surface area contributed by atoms with Gasteiger partial charge in [-0.25, -0.2) is 0 Å². The molecule has 1 fully saturated rings. The van der Waals surface area contributed by atoms with E-state index in [0.29, 0.717) is 19.6 Å². The molecule has 0 radical (unpaired) electrons. The lowest BCUT2D eigenvalue weighted by molar-refractivity contribution is -0.122. The minimum Gasteiger partial charge on any atom is -0.497 e. The van der Waals surface area contributed by atoms with Crippen LogP contribution in [-0.4, -0.2) is 45.2 Å². The second kappa shape index (κ2) is 11.9. The molecule has 1 aromatic carbocycles. The van der Waals surface area contributed by atoms with E-state index < -0.39 is 0 Å². The summed E-state index contributed by atoms with van der Waals surface area (Å²) >= 11 is 0. The number of aliphatic imine (C=N–C) groups is 1. The predicted octanol–water partition coefficient (Wildman–Crippen LogP) is 1.94. The molecule has 2 rings (SSSR count). The lowest BCUT2D eigenvalue weighted by Crippen LogP contribution is -2.41. The number of halogens is 1. The monoisotopic (exact) mass is 460 g/mol. The number of carbonyl (C=O) groups excluding carboxylic acids is 1. The maximum absolute atomic E-state index is 11.6. The molecule has 1 aliphatic carbocycles. The first-order chi connectivity index (χ1) is 11.7. The molecule has 0 spiro atoms. The molecule has 140 valence electrons. The maximum atomic E-state index is 11.6. The minimum atomic E-state index is 0. The highest BCUT2D eigenvalue weighted by Gasteiger charge is 2.28. The Morgan fingerprint density at radius 1 is 1.24 bits per heavy atom. The zero-order chi connectivity index (χ0) is 17.2. The fraction of sp³-hybridized carbons (Fsp3) is 0.556. The van der Waals surface area contributed by atoms with Crippen LogP contribution in [0.2, 0.25) is 0 Å².